The zero-order valence-corrected chi connectivity index (χ0v) is 11.1. The van der Waals surface area contributed by atoms with Gasteiger partial charge in [0.25, 0.3) is 5.91 Å². The normalized spacial score (nSPS) is 10.8. The number of hydrogen-bond donors (Lipinski definition) is 1. The highest BCUT2D eigenvalue weighted by molar-refractivity contribution is 7.13. The van der Waals surface area contributed by atoms with Gasteiger partial charge in [0.2, 0.25) is 5.13 Å². The fourth-order valence-electron chi connectivity index (χ4n) is 1.82. The third-order valence-corrected chi connectivity index (χ3v) is 3.21. The monoisotopic (exact) mass is 274 g/mol. The number of nitrogens with one attached hydrogen (secondary N) is 1. The van der Waals surface area contributed by atoms with E-state index in [2.05, 4.69) is 25.6 Å². The predicted octanol–water partition coefficient (Wildman–Crippen LogP) is 1.45. The van der Waals surface area contributed by atoms with Gasteiger partial charge >= 0.3 is 0 Å². The van der Waals surface area contributed by atoms with E-state index in [-0.39, 0.29) is 5.91 Å². The van der Waals surface area contributed by atoms with Crippen molar-refractivity contribution in [3.8, 4) is 0 Å². The Morgan fingerprint density at radius 3 is 3.00 bits per heavy atom. The van der Waals surface area contributed by atoms with E-state index >= 15 is 0 Å². The van der Waals surface area contributed by atoms with Crippen LogP contribution >= 0.6 is 11.3 Å². The van der Waals surface area contributed by atoms with Crippen molar-refractivity contribution in [2.45, 2.75) is 13.8 Å². The van der Waals surface area contributed by atoms with Crippen LogP contribution in [0.3, 0.4) is 0 Å². The summed E-state index contributed by atoms with van der Waals surface area (Å²) >= 11 is 1.26. The number of carbonyl (C=O) groups is 1. The van der Waals surface area contributed by atoms with Crippen LogP contribution in [0.5, 0.6) is 0 Å². The number of rotatable bonds is 2. The second kappa shape index (κ2) is 4.39. The molecule has 7 nitrogen and oxygen atoms in total. The molecule has 0 aliphatic rings. The molecule has 1 amide bonds. The van der Waals surface area contributed by atoms with E-state index in [0.29, 0.717) is 16.3 Å². The molecule has 96 valence electrons. The Kier molecular flexibility index (Phi) is 2.71. The Bertz CT molecular complexity index is 748. The van der Waals surface area contributed by atoms with Crippen molar-refractivity contribution in [3.63, 3.8) is 0 Å². The number of amides is 1. The van der Waals surface area contributed by atoms with E-state index in [9.17, 15) is 4.79 Å². The van der Waals surface area contributed by atoms with Gasteiger partial charge < -0.3 is 0 Å². The lowest BCUT2D eigenvalue weighted by molar-refractivity contribution is 0.102. The average Bonchev–Trinajstić information content (AvgIpc) is 2.97. The van der Waals surface area contributed by atoms with Crippen LogP contribution < -0.4 is 5.32 Å². The van der Waals surface area contributed by atoms with Gasteiger partial charge in [0, 0.05) is 11.4 Å². The number of aromatic nitrogens is 5. The number of aryl methyl sites for hydroxylation is 2. The molecule has 0 aliphatic heterocycles. The van der Waals surface area contributed by atoms with Crippen molar-refractivity contribution in [1.29, 1.82) is 0 Å². The molecule has 3 rings (SSSR count). The van der Waals surface area contributed by atoms with Gasteiger partial charge in [-0.15, -0.1) is 10.2 Å². The molecule has 19 heavy (non-hydrogen) atoms. The fourth-order valence-corrected chi connectivity index (χ4v) is 2.26. The van der Waals surface area contributed by atoms with Crippen LogP contribution in [0, 0.1) is 13.8 Å². The smallest absolute Gasteiger partial charge is 0.262 e. The highest BCUT2D eigenvalue weighted by atomic mass is 32.1. The second-order valence-electron chi connectivity index (χ2n) is 4.03. The molecule has 0 aliphatic carbocycles. The minimum Gasteiger partial charge on any atom is -0.296 e. The van der Waals surface area contributed by atoms with E-state index in [0.717, 1.165) is 11.4 Å². The summed E-state index contributed by atoms with van der Waals surface area (Å²) < 4.78 is 1.64. The zero-order chi connectivity index (χ0) is 13.4. The first-order valence-electron chi connectivity index (χ1n) is 5.54. The standard InChI is InChI=1S/C11H10N6OS/c1-6-3-7(2)17-9(14-6)8(4-13-17)10(18)15-11-16-12-5-19-11/h3-5H,1-2H3,(H,15,16,18). The van der Waals surface area contributed by atoms with Crippen LogP contribution in [0.4, 0.5) is 5.13 Å². The molecule has 0 radical (unpaired) electrons. The van der Waals surface area contributed by atoms with Gasteiger partial charge in [-0.3, -0.25) is 10.1 Å². The molecular weight excluding hydrogens is 264 g/mol. The molecule has 1 N–H and O–H groups in total. The summed E-state index contributed by atoms with van der Waals surface area (Å²) in [5.74, 6) is -0.288. The average molecular weight is 274 g/mol. The molecule has 3 heterocycles. The lowest BCUT2D eigenvalue weighted by Gasteiger charge is -2.02. The summed E-state index contributed by atoms with van der Waals surface area (Å²) in [6, 6.07) is 1.91. The maximum atomic E-state index is 12.1. The van der Waals surface area contributed by atoms with Crippen LogP contribution in [0.1, 0.15) is 21.7 Å². The maximum Gasteiger partial charge on any atom is 0.262 e. The molecule has 0 unspecified atom stereocenters. The van der Waals surface area contributed by atoms with Crippen LogP contribution in [0.15, 0.2) is 17.8 Å². The second-order valence-corrected chi connectivity index (χ2v) is 4.86. The molecule has 0 spiro atoms. The summed E-state index contributed by atoms with van der Waals surface area (Å²) in [7, 11) is 0. The molecule has 0 aromatic carbocycles. The lowest BCUT2D eigenvalue weighted by atomic mass is 10.3. The third kappa shape index (κ3) is 2.06. The largest absolute Gasteiger partial charge is 0.296 e. The summed E-state index contributed by atoms with van der Waals surface area (Å²) in [5.41, 5.74) is 4.28. The van der Waals surface area contributed by atoms with Gasteiger partial charge in [0.15, 0.2) is 5.65 Å². The number of hydrogen-bond acceptors (Lipinski definition) is 6. The van der Waals surface area contributed by atoms with E-state index < -0.39 is 0 Å². The van der Waals surface area contributed by atoms with Gasteiger partial charge in [-0.2, -0.15) is 5.10 Å². The first-order chi connectivity index (χ1) is 9.15. The first kappa shape index (κ1) is 11.7. The Hall–Kier alpha value is -2.35. The summed E-state index contributed by atoms with van der Waals surface area (Å²) in [5, 5.41) is 14.7. The van der Waals surface area contributed by atoms with E-state index in [1.807, 2.05) is 19.9 Å². The van der Waals surface area contributed by atoms with E-state index in [1.165, 1.54) is 17.5 Å². The van der Waals surface area contributed by atoms with E-state index in [1.54, 1.807) is 10.0 Å². The maximum absolute atomic E-state index is 12.1. The van der Waals surface area contributed by atoms with Gasteiger partial charge in [0.05, 0.1) is 6.20 Å². The molecule has 3 aromatic rings. The van der Waals surface area contributed by atoms with Crippen LogP contribution in [0.2, 0.25) is 0 Å². The van der Waals surface area contributed by atoms with Crippen molar-refractivity contribution in [2.24, 2.45) is 0 Å². The van der Waals surface area contributed by atoms with Crippen molar-refractivity contribution in [3.05, 3.63) is 34.7 Å². The fraction of sp³-hybridized carbons (Fsp3) is 0.182. The van der Waals surface area contributed by atoms with Gasteiger partial charge in [-0.05, 0) is 19.9 Å². The summed E-state index contributed by atoms with van der Waals surface area (Å²) in [6.07, 6.45) is 1.51. The Balaban J connectivity index is 2.03. The SMILES string of the molecule is Cc1cc(C)n2ncc(C(=O)Nc3nncs3)c2n1. The zero-order valence-electron chi connectivity index (χ0n) is 10.3. The highest BCUT2D eigenvalue weighted by Gasteiger charge is 2.16. The van der Waals surface area contributed by atoms with Crippen LogP contribution in [-0.4, -0.2) is 30.7 Å². The van der Waals surface area contributed by atoms with E-state index in [4.69, 9.17) is 0 Å². The Morgan fingerprint density at radius 2 is 2.26 bits per heavy atom. The Morgan fingerprint density at radius 1 is 1.42 bits per heavy atom. The van der Waals surface area contributed by atoms with Crippen LogP contribution in [0.25, 0.3) is 5.65 Å². The molecule has 3 aromatic heterocycles. The number of nitrogens with zero attached hydrogens (tertiary/aromatic N) is 5. The van der Waals surface area contributed by atoms with Crippen molar-refractivity contribution >= 4 is 28.0 Å². The van der Waals surface area contributed by atoms with Crippen molar-refractivity contribution in [1.82, 2.24) is 24.8 Å². The third-order valence-electron chi connectivity index (χ3n) is 2.60. The minimum absolute atomic E-state index is 0.288. The number of fused-ring (bicyclic) bond motifs is 1. The summed E-state index contributed by atoms with van der Waals surface area (Å²) in [4.78, 5) is 16.5. The Labute approximate surface area is 112 Å². The van der Waals surface area contributed by atoms with Crippen LogP contribution in [-0.2, 0) is 0 Å². The molecule has 8 heteroatoms. The topological polar surface area (TPSA) is 85.1 Å². The highest BCUT2D eigenvalue weighted by Crippen LogP contribution is 2.15. The molecule has 0 saturated carbocycles. The van der Waals surface area contributed by atoms with Gasteiger partial charge in [-0.25, -0.2) is 9.50 Å². The summed E-state index contributed by atoms with van der Waals surface area (Å²) in [6.45, 7) is 3.80. The lowest BCUT2D eigenvalue weighted by Crippen LogP contribution is -2.12. The predicted molar refractivity (Wildman–Crippen MR) is 70.3 cm³/mol. The first-order valence-corrected chi connectivity index (χ1v) is 6.42. The molecular formula is C11H10N6OS. The number of anilines is 1. The quantitative estimate of drug-likeness (QED) is 0.764. The molecule has 0 bridgehead atoms. The van der Waals surface area contributed by atoms with Crippen molar-refractivity contribution in [2.75, 3.05) is 5.32 Å². The molecule has 0 atom stereocenters. The minimum atomic E-state index is -0.288. The van der Waals surface area contributed by atoms with Gasteiger partial charge in [0.1, 0.15) is 11.1 Å². The van der Waals surface area contributed by atoms with Crippen molar-refractivity contribution < 1.29 is 4.79 Å². The molecule has 0 saturated heterocycles. The molecule has 0 fully saturated rings. The number of carbonyl (C=O) groups excluding carboxylic acids is 1. The van der Waals surface area contributed by atoms with Gasteiger partial charge in [-0.1, -0.05) is 11.3 Å².